The summed E-state index contributed by atoms with van der Waals surface area (Å²) in [5.74, 6) is 0.842. The summed E-state index contributed by atoms with van der Waals surface area (Å²) < 4.78 is 0. The van der Waals surface area contributed by atoms with Gasteiger partial charge in [0, 0.05) is 19.0 Å². The molecule has 0 bridgehead atoms. The maximum atomic E-state index is 11.9. The van der Waals surface area contributed by atoms with Crippen molar-refractivity contribution in [1.82, 2.24) is 4.90 Å². The lowest BCUT2D eigenvalue weighted by Crippen LogP contribution is -2.51. The van der Waals surface area contributed by atoms with Crippen LogP contribution in [0.1, 0.15) is 32.8 Å². The van der Waals surface area contributed by atoms with Crippen LogP contribution in [0.15, 0.2) is 30.3 Å². The number of carbonyl (C=O) groups is 1. The number of nitrogens with zero attached hydrogens (tertiary/aromatic N) is 1. The van der Waals surface area contributed by atoms with E-state index in [1.807, 2.05) is 13.0 Å². The Morgan fingerprint density at radius 2 is 1.82 bits per heavy atom. The zero-order chi connectivity index (χ0) is 12.4. The Kier molecular flexibility index (Phi) is 3.63. The zero-order valence-corrected chi connectivity index (χ0v) is 10.9. The Bertz CT molecular complexity index is 387. The summed E-state index contributed by atoms with van der Waals surface area (Å²) in [5.41, 5.74) is 1.29. The summed E-state index contributed by atoms with van der Waals surface area (Å²) in [6.45, 7) is 7.32. The van der Waals surface area contributed by atoms with E-state index >= 15 is 0 Å². The molecule has 1 aliphatic rings. The van der Waals surface area contributed by atoms with Gasteiger partial charge in [-0.25, -0.2) is 0 Å². The summed E-state index contributed by atoms with van der Waals surface area (Å²) in [4.78, 5) is 14.2. The molecule has 0 amide bonds. The molecule has 1 aromatic rings. The first-order valence-corrected chi connectivity index (χ1v) is 6.42. The molecule has 2 rings (SSSR count). The molecule has 92 valence electrons. The van der Waals surface area contributed by atoms with Crippen LogP contribution in [0, 0.1) is 5.92 Å². The predicted molar refractivity (Wildman–Crippen MR) is 69.7 cm³/mol. The van der Waals surface area contributed by atoms with Crippen molar-refractivity contribution in [3.63, 3.8) is 0 Å². The van der Waals surface area contributed by atoms with Crippen molar-refractivity contribution in [1.29, 1.82) is 0 Å². The Balaban J connectivity index is 2.15. The van der Waals surface area contributed by atoms with Crippen LogP contribution in [0.4, 0.5) is 0 Å². The number of Topliss-reactive ketones (excluding diaryl/α,β-unsaturated/α-hetero) is 1. The second kappa shape index (κ2) is 5.01. The van der Waals surface area contributed by atoms with Gasteiger partial charge in [-0.2, -0.15) is 0 Å². The van der Waals surface area contributed by atoms with E-state index in [2.05, 4.69) is 43.0 Å². The molecule has 2 nitrogen and oxygen atoms in total. The lowest BCUT2D eigenvalue weighted by molar-refractivity contribution is -0.130. The number of benzene rings is 1. The molecule has 0 aliphatic carbocycles. The number of carbonyl (C=O) groups excluding carboxylic acids is 1. The van der Waals surface area contributed by atoms with Crippen LogP contribution < -0.4 is 0 Å². The third kappa shape index (κ3) is 2.58. The maximum absolute atomic E-state index is 11.9. The van der Waals surface area contributed by atoms with Crippen molar-refractivity contribution in [2.24, 2.45) is 5.92 Å². The number of hydrogen-bond donors (Lipinski definition) is 0. The molecule has 0 saturated carbocycles. The summed E-state index contributed by atoms with van der Waals surface area (Å²) >= 11 is 0. The second-order valence-electron chi connectivity index (χ2n) is 5.22. The quantitative estimate of drug-likeness (QED) is 0.780. The summed E-state index contributed by atoms with van der Waals surface area (Å²) in [6.07, 6.45) is 0.730. The number of rotatable bonds is 2. The Labute approximate surface area is 104 Å². The second-order valence-corrected chi connectivity index (χ2v) is 5.22. The van der Waals surface area contributed by atoms with Crippen LogP contribution in [0.2, 0.25) is 0 Å². The van der Waals surface area contributed by atoms with Crippen molar-refractivity contribution in [2.45, 2.75) is 45.8 Å². The first kappa shape index (κ1) is 12.3. The highest BCUT2D eigenvalue weighted by Gasteiger charge is 2.35. The minimum absolute atomic E-state index is 0.0569. The molecular weight excluding hydrogens is 210 g/mol. The Morgan fingerprint density at radius 3 is 2.47 bits per heavy atom. The smallest absolute Gasteiger partial charge is 0.150 e. The molecule has 1 heterocycles. The monoisotopic (exact) mass is 231 g/mol. The average Bonchev–Trinajstić information content (AvgIpc) is 2.33. The lowest BCUT2D eigenvalue weighted by atomic mass is 9.87. The van der Waals surface area contributed by atoms with E-state index < -0.39 is 0 Å². The van der Waals surface area contributed by atoms with Crippen molar-refractivity contribution in [3.8, 4) is 0 Å². The van der Waals surface area contributed by atoms with Gasteiger partial charge in [0.15, 0.2) is 0 Å². The average molecular weight is 231 g/mol. The summed E-state index contributed by atoms with van der Waals surface area (Å²) in [5, 5.41) is 0. The van der Waals surface area contributed by atoms with E-state index in [0.717, 1.165) is 13.0 Å². The minimum Gasteiger partial charge on any atom is -0.298 e. The maximum Gasteiger partial charge on any atom is 0.150 e. The molecule has 3 atom stereocenters. The topological polar surface area (TPSA) is 20.3 Å². The Morgan fingerprint density at radius 1 is 1.18 bits per heavy atom. The molecule has 1 fully saturated rings. The largest absolute Gasteiger partial charge is 0.298 e. The van der Waals surface area contributed by atoms with Gasteiger partial charge in [0.25, 0.3) is 0 Å². The highest BCUT2D eigenvalue weighted by atomic mass is 16.1. The number of piperidine rings is 1. The summed E-state index contributed by atoms with van der Waals surface area (Å²) in [6, 6.07) is 10.9. The SMILES string of the molecule is C[C@@H]1CC(=O)[C@@H](C)N(Cc2ccccc2)[C@H]1C. The number of hydrogen-bond acceptors (Lipinski definition) is 2. The standard InChI is InChI=1S/C15H21NO/c1-11-9-15(17)13(3)16(12(11)2)10-14-7-5-4-6-8-14/h4-8,11-13H,9-10H2,1-3H3/t11-,12+,13-/m1/s1. The first-order chi connectivity index (χ1) is 8.09. The molecule has 2 heteroatoms. The molecular formula is C15H21NO. The van der Waals surface area contributed by atoms with E-state index in [-0.39, 0.29) is 6.04 Å². The molecule has 0 spiro atoms. The van der Waals surface area contributed by atoms with E-state index in [4.69, 9.17) is 0 Å². The van der Waals surface area contributed by atoms with Crippen molar-refractivity contribution in [3.05, 3.63) is 35.9 Å². The number of likely N-dealkylation sites (tertiary alicyclic amines) is 1. The van der Waals surface area contributed by atoms with Gasteiger partial charge in [0.05, 0.1) is 6.04 Å². The van der Waals surface area contributed by atoms with Gasteiger partial charge in [-0.1, -0.05) is 37.3 Å². The summed E-state index contributed by atoms with van der Waals surface area (Å²) in [7, 11) is 0. The zero-order valence-electron chi connectivity index (χ0n) is 10.9. The normalized spacial score (nSPS) is 30.5. The molecule has 0 radical (unpaired) electrons. The van der Waals surface area contributed by atoms with Crippen molar-refractivity contribution < 1.29 is 4.79 Å². The molecule has 0 unspecified atom stereocenters. The van der Waals surface area contributed by atoms with E-state index in [1.165, 1.54) is 5.56 Å². The van der Waals surface area contributed by atoms with Gasteiger partial charge in [-0.15, -0.1) is 0 Å². The molecule has 1 aliphatic heterocycles. The predicted octanol–water partition coefficient (Wildman–Crippen LogP) is 2.87. The van der Waals surface area contributed by atoms with Crippen LogP contribution in [-0.4, -0.2) is 22.8 Å². The van der Waals surface area contributed by atoms with E-state index in [1.54, 1.807) is 0 Å². The van der Waals surface area contributed by atoms with Crippen LogP contribution in [0.3, 0.4) is 0 Å². The Hall–Kier alpha value is -1.15. The van der Waals surface area contributed by atoms with Gasteiger partial charge in [0.1, 0.15) is 5.78 Å². The van der Waals surface area contributed by atoms with Gasteiger partial charge < -0.3 is 0 Å². The van der Waals surface area contributed by atoms with E-state index in [0.29, 0.717) is 17.7 Å². The highest BCUT2D eigenvalue weighted by molar-refractivity contribution is 5.84. The molecule has 0 aromatic heterocycles. The minimum atomic E-state index is 0.0569. The third-order valence-corrected chi connectivity index (χ3v) is 4.04. The van der Waals surface area contributed by atoms with Crippen LogP contribution in [0.5, 0.6) is 0 Å². The van der Waals surface area contributed by atoms with Gasteiger partial charge in [-0.3, -0.25) is 9.69 Å². The van der Waals surface area contributed by atoms with Crippen LogP contribution in [-0.2, 0) is 11.3 Å². The van der Waals surface area contributed by atoms with Crippen molar-refractivity contribution in [2.75, 3.05) is 0 Å². The highest BCUT2D eigenvalue weighted by Crippen LogP contribution is 2.26. The van der Waals surface area contributed by atoms with E-state index in [9.17, 15) is 4.79 Å². The molecule has 17 heavy (non-hydrogen) atoms. The van der Waals surface area contributed by atoms with Crippen LogP contribution in [0.25, 0.3) is 0 Å². The number of ketones is 1. The van der Waals surface area contributed by atoms with Crippen LogP contribution >= 0.6 is 0 Å². The molecule has 1 saturated heterocycles. The fourth-order valence-corrected chi connectivity index (χ4v) is 2.60. The molecule has 0 N–H and O–H groups in total. The third-order valence-electron chi connectivity index (χ3n) is 4.04. The van der Waals surface area contributed by atoms with Crippen molar-refractivity contribution >= 4 is 5.78 Å². The molecule has 1 aromatic carbocycles. The lowest BCUT2D eigenvalue weighted by Gasteiger charge is -2.41. The van der Waals surface area contributed by atoms with Gasteiger partial charge >= 0.3 is 0 Å². The fraction of sp³-hybridized carbons (Fsp3) is 0.533. The van der Waals surface area contributed by atoms with Gasteiger partial charge in [-0.05, 0) is 25.3 Å². The first-order valence-electron chi connectivity index (χ1n) is 6.42. The van der Waals surface area contributed by atoms with Gasteiger partial charge in [0.2, 0.25) is 0 Å². The fourth-order valence-electron chi connectivity index (χ4n) is 2.60.